The Morgan fingerprint density at radius 3 is 1.57 bits per heavy atom. The summed E-state index contributed by atoms with van der Waals surface area (Å²) in [6.45, 7) is 0. The van der Waals surface area contributed by atoms with Gasteiger partial charge in [-0.2, -0.15) is 0 Å². The third kappa shape index (κ3) is 6.38. The molecule has 0 saturated carbocycles. The molecular weight excluding hydrogens is 765 g/mol. The van der Waals surface area contributed by atoms with Crippen LogP contribution in [0.3, 0.4) is 0 Å². The normalized spacial score (nSPS) is 11.5. The van der Waals surface area contributed by atoms with Gasteiger partial charge in [0.2, 0.25) is 0 Å². The van der Waals surface area contributed by atoms with E-state index in [-0.39, 0.29) is 0 Å². The highest BCUT2D eigenvalue weighted by Crippen LogP contribution is 2.44. The van der Waals surface area contributed by atoms with Crippen molar-refractivity contribution in [1.29, 1.82) is 0 Å². The molecule has 3 heteroatoms. The van der Waals surface area contributed by atoms with E-state index in [2.05, 4.69) is 240 Å². The number of nitrogens with zero attached hydrogens (tertiary/aromatic N) is 2. The van der Waals surface area contributed by atoms with Crippen molar-refractivity contribution in [3.63, 3.8) is 0 Å². The largest absolute Gasteiger partial charge is 0.456 e. The molecule has 296 valence electrons. The molecule has 0 N–H and O–H groups in total. The second kappa shape index (κ2) is 15.3. The van der Waals surface area contributed by atoms with Gasteiger partial charge >= 0.3 is 0 Å². The summed E-state index contributed by atoms with van der Waals surface area (Å²) in [7, 11) is 0. The van der Waals surface area contributed by atoms with Crippen LogP contribution in [0.5, 0.6) is 0 Å². The fourth-order valence-corrected chi connectivity index (χ4v) is 9.46. The zero-order valence-corrected chi connectivity index (χ0v) is 34.4. The van der Waals surface area contributed by atoms with Gasteiger partial charge < -0.3 is 13.9 Å². The minimum Gasteiger partial charge on any atom is -0.456 e. The smallest absolute Gasteiger partial charge is 0.137 e. The first kappa shape index (κ1) is 36.5. The molecule has 0 spiro atoms. The molecule has 0 radical (unpaired) electrons. The molecule has 3 nitrogen and oxygen atoms in total. The minimum absolute atomic E-state index is 0.861. The predicted octanol–water partition coefficient (Wildman–Crippen LogP) is 16.8. The van der Waals surface area contributed by atoms with Gasteiger partial charge in [0.05, 0.1) is 11.0 Å². The summed E-state index contributed by atoms with van der Waals surface area (Å²) < 4.78 is 8.82. The highest BCUT2D eigenvalue weighted by atomic mass is 16.3. The number of hydrogen-bond donors (Lipinski definition) is 0. The number of hydrogen-bond acceptors (Lipinski definition) is 2. The lowest BCUT2D eigenvalue weighted by Gasteiger charge is -2.27. The van der Waals surface area contributed by atoms with Crippen LogP contribution < -0.4 is 4.90 Å². The molecule has 2 aromatic heterocycles. The summed E-state index contributed by atoms with van der Waals surface area (Å²) in [5.41, 5.74) is 17.9. The third-order valence-electron chi connectivity index (χ3n) is 12.4. The molecule has 0 saturated heterocycles. The Balaban J connectivity index is 0.944. The molecule has 12 rings (SSSR count). The second-order valence-electron chi connectivity index (χ2n) is 16.1. The highest BCUT2D eigenvalue weighted by Gasteiger charge is 2.20. The number of fused-ring (bicyclic) bond motifs is 6. The van der Waals surface area contributed by atoms with Gasteiger partial charge in [0.15, 0.2) is 0 Å². The molecule has 0 atom stereocenters. The van der Waals surface area contributed by atoms with Crippen LogP contribution in [0, 0.1) is 0 Å². The van der Waals surface area contributed by atoms with E-state index in [4.69, 9.17) is 4.42 Å². The summed E-state index contributed by atoms with van der Waals surface area (Å²) in [6.07, 6.45) is 0. The Kier molecular flexibility index (Phi) is 8.83. The molecule has 0 fully saturated rings. The van der Waals surface area contributed by atoms with Gasteiger partial charge in [0.1, 0.15) is 11.2 Å². The first-order chi connectivity index (χ1) is 31.2. The van der Waals surface area contributed by atoms with Gasteiger partial charge in [-0.3, -0.25) is 0 Å². The quantitative estimate of drug-likeness (QED) is 0.153. The van der Waals surface area contributed by atoms with Crippen LogP contribution in [0.15, 0.2) is 247 Å². The van der Waals surface area contributed by atoms with Crippen LogP contribution in [-0.2, 0) is 0 Å². The van der Waals surface area contributed by atoms with Crippen molar-refractivity contribution < 1.29 is 4.42 Å². The number of benzene rings is 10. The molecule has 10 aromatic carbocycles. The van der Waals surface area contributed by atoms with E-state index >= 15 is 0 Å². The van der Waals surface area contributed by atoms with E-state index in [1.165, 1.54) is 55.2 Å². The number of furan rings is 1. The zero-order valence-electron chi connectivity index (χ0n) is 34.4. The SMILES string of the molecule is c1ccc(-c2ccc(N(c3ccc(-c4ccc(-c5cccc6c5c5ccccc5n6-c5ccccc5)cc4)cc3)c3ccc4c(c3)oc3ccccc34)cc2-c2ccccc2)cc1. The van der Waals surface area contributed by atoms with E-state index in [9.17, 15) is 0 Å². The maximum atomic E-state index is 6.44. The highest BCUT2D eigenvalue weighted by molar-refractivity contribution is 6.16. The molecule has 0 unspecified atom stereocenters. The van der Waals surface area contributed by atoms with E-state index in [1.807, 2.05) is 12.1 Å². The number of aromatic nitrogens is 1. The van der Waals surface area contributed by atoms with Gasteiger partial charge in [-0.1, -0.05) is 170 Å². The molecule has 2 heterocycles. The molecule has 0 amide bonds. The topological polar surface area (TPSA) is 21.3 Å². The maximum absolute atomic E-state index is 6.44. The predicted molar refractivity (Wildman–Crippen MR) is 264 cm³/mol. The van der Waals surface area contributed by atoms with Crippen LogP contribution in [0.1, 0.15) is 0 Å². The lowest BCUT2D eigenvalue weighted by molar-refractivity contribution is 0.669. The van der Waals surface area contributed by atoms with Crippen molar-refractivity contribution in [2.75, 3.05) is 4.90 Å². The Hall–Kier alpha value is -8.40. The molecule has 0 aliphatic rings. The number of rotatable bonds is 8. The van der Waals surface area contributed by atoms with Crippen molar-refractivity contribution in [2.45, 2.75) is 0 Å². The Morgan fingerprint density at radius 2 is 0.825 bits per heavy atom. The summed E-state index contributed by atoms with van der Waals surface area (Å²) >= 11 is 0. The maximum Gasteiger partial charge on any atom is 0.137 e. The average molecular weight is 805 g/mol. The molecule has 0 aliphatic carbocycles. The van der Waals surface area contributed by atoms with Crippen LogP contribution >= 0.6 is 0 Å². The van der Waals surface area contributed by atoms with Crippen molar-refractivity contribution in [1.82, 2.24) is 4.57 Å². The van der Waals surface area contributed by atoms with Gasteiger partial charge in [-0.15, -0.1) is 0 Å². The van der Waals surface area contributed by atoms with Crippen molar-refractivity contribution in [3.05, 3.63) is 243 Å². The monoisotopic (exact) mass is 804 g/mol. The fraction of sp³-hybridized carbons (Fsp3) is 0. The molecule has 63 heavy (non-hydrogen) atoms. The molecular formula is C60H40N2O. The molecule has 0 bridgehead atoms. The average Bonchev–Trinajstić information content (AvgIpc) is 3.91. The van der Waals surface area contributed by atoms with Crippen LogP contribution in [0.2, 0.25) is 0 Å². The summed E-state index contributed by atoms with van der Waals surface area (Å²) in [5.74, 6) is 0. The lowest BCUT2D eigenvalue weighted by Crippen LogP contribution is -2.10. The number of anilines is 3. The standard InChI is InChI=1S/C60H40N2O/c1-4-15-43(16-5-1)50-37-35-48(39-55(50)44-17-6-2-7-18-44)61(49-36-38-53-52-21-11-13-26-58(52)63-59(53)40-49)47-33-31-42(32-34-47)41-27-29-45(30-28-41)51-23-14-25-57-60(51)54-22-10-12-24-56(54)62(57)46-19-8-3-9-20-46/h1-40H. The minimum atomic E-state index is 0.861. The zero-order chi connectivity index (χ0) is 41.7. The lowest BCUT2D eigenvalue weighted by atomic mass is 9.93. The van der Waals surface area contributed by atoms with Crippen LogP contribution in [-0.4, -0.2) is 4.57 Å². The Bertz CT molecular complexity index is 3590. The van der Waals surface area contributed by atoms with E-state index in [1.54, 1.807) is 0 Å². The van der Waals surface area contributed by atoms with Crippen molar-refractivity contribution in [3.8, 4) is 50.2 Å². The van der Waals surface area contributed by atoms with E-state index in [0.717, 1.165) is 55.8 Å². The van der Waals surface area contributed by atoms with Gasteiger partial charge in [-0.05, 0) is 111 Å². The van der Waals surface area contributed by atoms with Crippen molar-refractivity contribution in [2.24, 2.45) is 0 Å². The third-order valence-corrected chi connectivity index (χ3v) is 12.4. The van der Waals surface area contributed by atoms with E-state index < -0.39 is 0 Å². The molecule has 12 aromatic rings. The second-order valence-corrected chi connectivity index (χ2v) is 16.1. The van der Waals surface area contributed by atoms with Gasteiger partial charge in [0, 0.05) is 50.4 Å². The first-order valence-corrected chi connectivity index (χ1v) is 21.5. The summed E-state index contributed by atoms with van der Waals surface area (Å²) in [4.78, 5) is 2.34. The number of para-hydroxylation sites is 3. The first-order valence-electron chi connectivity index (χ1n) is 21.5. The van der Waals surface area contributed by atoms with Crippen LogP contribution in [0.25, 0.3) is 93.9 Å². The summed E-state index contributed by atoms with van der Waals surface area (Å²) in [6, 6.07) is 87.0. The van der Waals surface area contributed by atoms with Crippen LogP contribution in [0.4, 0.5) is 17.1 Å². The Labute approximate surface area is 366 Å². The fourth-order valence-electron chi connectivity index (χ4n) is 9.46. The van der Waals surface area contributed by atoms with Gasteiger partial charge in [0.25, 0.3) is 0 Å². The summed E-state index contributed by atoms with van der Waals surface area (Å²) in [5, 5.41) is 4.74. The Morgan fingerprint density at radius 1 is 0.302 bits per heavy atom. The van der Waals surface area contributed by atoms with E-state index in [0.29, 0.717) is 0 Å². The van der Waals surface area contributed by atoms with Gasteiger partial charge in [-0.25, -0.2) is 0 Å². The van der Waals surface area contributed by atoms with Crippen molar-refractivity contribution >= 4 is 60.8 Å². The molecule has 0 aliphatic heterocycles.